The topological polar surface area (TPSA) is 60.4 Å². The summed E-state index contributed by atoms with van der Waals surface area (Å²) in [5, 5.41) is 1.31. The molecule has 0 spiro atoms. The number of hydrogen-bond acceptors (Lipinski definition) is 4. The van der Waals surface area contributed by atoms with Gasteiger partial charge in [0.15, 0.2) is 5.78 Å². The van der Waals surface area contributed by atoms with E-state index < -0.39 is 29.6 Å². The molecule has 3 aromatic rings. The van der Waals surface area contributed by atoms with Crippen LogP contribution < -0.4 is 0 Å². The second-order valence-electron chi connectivity index (χ2n) is 8.86. The van der Waals surface area contributed by atoms with Crippen molar-refractivity contribution in [1.29, 1.82) is 0 Å². The first-order valence-corrected chi connectivity index (χ1v) is 13.1. The van der Waals surface area contributed by atoms with Crippen molar-refractivity contribution in [1.82, 2.24) is 0 Å². The van der Waals surface area contributed by atoms with Crippen molar-refractivity contribution in [3.8, 4) is 0 Å². The van der Waals surface area contributed by atoms with Crippen molar-refractivity contribution in [3.63, 3.8) is 0 Å². The van der Waals surface area contributed by atoms with Gasteiger partial charge in [-0.2, -0.15) is 0 Å². The van der Waals surface area contributed by atoms with Gasteiger partial charge in [-0.15, -0.1) is 0 Å². The van der Waals surface area contributed by atoms with E-state index in [2.05, 4.69) is 0 Å². The summed E-state index contributed by atoms with van der Waals surface area (Å²) < 4.78 is 5.31. The van der Waals surface area contributed by atoms with E-state index in [9.17, 15) is 14.4 Å². The van der Waals surface area contributed by atoms with Crippen LogP contribution in [0, 0.1) is 11.8 Å². The molecular weight excluding hydrogens is 531 g/mol. The molecule has 4 nitrogen and oxygen atoms in total. The summed E-state index contributed by atoms with van der Waals surface area (Å²) in [7, 11) is 0. The summed E-state index contributed by atoms with van der Waals surface area (Å²) in [6, 6.07) is 21.3. The fraction of sp³-hybridized carbons (Fsp3) is 0.233. The van der Waals surface area contributed by atoms with Gasteiger partial charge in [-0.3, -0.25) is 14.4 Å². The number of esters is 1. The fourth-order valence-corrected chi connectivity index (χ4v) is 5.84. The van der Waals surface area contributed by atoms with Gasteiger partial charge in [0.1, 0.15) is 11.7 Å². The quantitative estimate of drug-likeness (QED) is 0.171. The van der Waals surface area contributed by atoms with E-state index in [4.69, 9.17) is 39.5 Å². The molecule has 4 rings (SSSR count). The highest BCUT2D eigenvalue weighted by Gasteiger charge is 2.52. The molecular formula is C30H25Cl3O4. The van der Waals surface area contributed by atoms with E-state index in [1.807, 2.05) is 18.2 Å². The molecule has 0 aliphatic heterocycles. The smallest absolute Gasteiger partial charge is 0.317 e. The lowest BCUT2D eigenvalue weighted by Gasteiger charge is -2.41. The first-order chi connectivity index (χ1) is 17.8. The van der Waals surface area contributed by atoms with E-state index in [-0.39, 0.29) is 24.6 Å². The molecule has 1 aliphatic rings. The maximum Gasteiger partial charge on any atom is 0.317 e. The van der Waals surface area contributed by atoms with Crippen molar-refractivity contribution < 1.29 is 19.1 Å². The zero-order chi connectivity index (χ0) is 26.5. The molecule has 190 valence electrons. The third kappa shape index (κ3) is 5.82. The Balaban J connectivity index is 1.90. The molecule has 0 heterocycles. The fourth-order valence-electron chi connectivity index (χ4n) is 5.10. The molecule has 0 amide bonds. The highest BCUT2D eigenvalue weighted by molar-refractivity contribution is 6.32. The predicted octanol–water partition coefficient (Wildman–Crippen LogP) is 7.57. The first kappa shape index (κ1) is 27.1. The van der Waals surface area contributed by atoms with Gasteiger partial charge in [-0.1, -0.05) is 89.4 Å². The van der Waals surface area contributed by atoms with E-state index in [1.165, 1.54) is 6.08 Å². The maximum absolute atomic E-state index is 14.0. The number of benzene rings is 3. The van der Waals surface area contributed by atoms with Crippen LogP contribution in [0.25, 0.3) is 6.08 Å². The molecule has 0 aromatic heterocycles. The number of ether oxygens (including phenoxy) is 1. The Morgan fingerprint density at radius 2 is 1.43 bits per heavy atom. The Bertz CT molecular complexity index is 1350. The average Bonchev–Trinajstić information content (AvgIpc) is 2.88. The number of halogens is 3. The van der Waals surface area contributed by atoms with Crippen LogP contribution in [-0.2, 0) is 19.1 Å². The Morgan fingerprint density at radius 3 is 2.03 bits per heavy atom. The minimum Gasteiger partial charge on any atom is -0.465 e. The van der Waals surface area contributed by atoms with Gasteiger partial charge in [-0.05, 0) is 54.0 Å². The van der Waals surface area contributed by atoms with Gasteiger partial charge in [0.25, 0.3) is 0 Å². The van der Waals surface area contributed by atoms with Crippen LogP contribution in [0.4, 0.5) is 0 Å². The summed E-state index contributed by atoms with van der Waals surface area (Å²) in [4.78, 5) is 40.7. The zero-order valence-corrected chi connectivity index (χ0v) is 22.3. The highest BCUT2D eigenvalue weighted by atomic mass is 35.5. The number of rotatable bonds is 7. The molecule has 37 heavy (non-hydrogen) atoms. The van der Waals surface area contributed by atoms with Crippen molar-refractivity contribution >= 4 is 58.4 Å². The molecule has 4 atom stereocenters. The minimum absolute atomic E-state index is 0.0372. The Kier molecular flexibility index (Phi) is 8.86. The standard InChI is InChI=1S/C30H25Cl3O4/c1-2-37-30(36)29-26(35)17-21(19-10-4-7-13-23(19)32)27(28(29)20-11-5-8-14-24(20)33)25(34)16-15-18-9-3-6-12-22(18)31/h3-16,21,27-29H,2,17H2,1H3/b16-15+/t21-,27-,28+,29+/m0/s1. The number of Topliss-reactive ketones (excluding diaryl/α,β-unsaturated/α-hetero) is 1. The van der Waals surface area contributed by atoms with E-state index >= 15 is 0 Å². The van der Waals surface area contributed by atoms with Gasteiger partial charge < -0.3 is 4.74 Å². The number of ketones is 2. The second kappa shape index (κ2) is 12.1. The first-order valence-electron chi connectivity index (χ1n) is 12.0. The summed E-state index contributed by atoms with van der Waals surface area (Å²) >= 11 is 19.5. The SMILES string of the molecule is CCOC(=O)[C@@H]1C(=O)C[C@@H](c2ccccc2Cl)[C@@H](C(=O)/C=C/c2ccccc2Cl)[C@H]1c1ccccc1Cl. The predicted molar refractivity (Wildman–Crippen MR) is 147 cm³/mol. The van der Waals surface area contributed by atoms with Gasteiger partial charge in [0.05, 0.1) is 6.61 Å². The number of carbonyl (C=O) groups excluding carboxylic acids is 3. The van der Waals surface area contributed by atoms with Crippen LogP contribution in [0.15, 0.2) is 78.9 Å². The molecule has 0 bridgehead atoms. The van der Waals surface area contributed by atoms with Crippen LogP contribution in [0.1, 0.15) is 41.9 Å². The van der Waals surface area contributed by atoms with E-state index in [1.54, 1.807) is 67.6 Å². The lowest BCUT2D eigenvalue weighted by Crippen LogP contribution is -2.45. The summed E-state index contributed by atoms with van der Waals surface area (Å²) in [5.41, 5.74) is 1.88. The molecule has 1 saturated carbocycles. The van der Waals surface area contributed by atoms with Crippen LogP contribution in [0.5, 0.6) is 0 Å². The monoisotopic (exact) mass is 554 g/mol. The third-order valence-electron chi connectivity index (χ3n) is 6.72. The van der Waals surface area contributed by atoms with Crippen LogP contribution in [-0.4, -0.2) is 24.1 Å². The summed E-state index contributed by atoms with van der Waals surface area (Å²) in [6.07, 6.45) is 3.07. The molecule has 0 unspecified atom stereocenters. The van der Waals surface area contributed by atoms with Crippen molar-refractivity contribution in [3.05, 3.63) is 111 Å². The molecule has 0 N–H and O–H groups in total. The Labute approximate surface area is 231 Å². The van der Waals surface area contributed by atoms with E-state index in [0.29, 0.717) is 31.8 Å². The molecule has 0 radical (unpaired) electrons. The average molecular weight is 556 g/mol. The van der Waals surface area contributed by atoms with Crippen LogP contribution >= 0.6 is 34.8 Å². The number of allylic oxidation sites excluding steroid dienone is 1. The Morgan fingerprint density at radius 1 is 0.865 bits per heavy atom. The van der Waals surface area contributed by atoms with Crippen LogP contribution in [0.3, 0.4) is 0 Å². The van der Waals surface area contributed by atoms with Gasteiger partial charge >= 0.3 is 5.97 Å². The van der Waals surface area contributed by atoms with Gasteiger partial charge in [-0.25, -0.2) is 0 Å². The van der Waals surface area contributed by atoms with Gasteiger partial charge in [0.2, 0.25) is 0 Å². The molecule has 1 fully saturated rings. The normalized spacial score (nSPS) is 21.7. The van der Waals surface area contributed by atoms with Crippen LogP contribution in [0.2, 0.25) is 15.1 Å². The maximum atomic E-state index is 14.0. The van der Waals surface area contributed by atoms with Crippen molar-refractivity contribution in [2.24, 2.45) is 11.8 Å². The minimum atomic E-state index is -1.18. The third-order valence-corrected chi connectivity index (χ3v) is 7.75. The lowest BCUT2D eigenvalue weighted by atomic mass is 9.60. The molecule has 1 aliphatic carbocycles. The largest absolute Gasteiger partial charge is 0.465 e. The van der Waals surface area contributed by atoms with Crippen molar-refractivity contribution in [2.45, 2.75) is 25.2 Å². The molecule has 7 heteroatoms. The summed E-state index contributed by atoms with van der Waals surface area (Å²) in [5.74, 6) is -4.66. The zero-order valence-electron chi connectivity index (χ0n) is 20.1. The highest BCUT2D eigenvalue weighted by Crippen LogP contribution is 2.51. The Hall–Kier alpha value is -2.92. The summed E-state index contributed by atoms with van der Waals surface area (Å²) in [6.45, 7) is 1.79. The lowest BCUT2D eigenvalue weighted by molar-refractivity contribution is -0.155. The van der Waals surface area contributed by atoms with Gasteiger partial charge in [0, 0.05) is 39.2 Å². The van der Waals surface area contributed by atoms with E-state index in [0.717, 1.165) is 0 Å². The number of carbonyl (C=O) groups is 3. The molecule has 0 saturated heterocycles. The molecule has 3 aromatic carbocycles. The second-order valence-corrected chi connectivity index (χ2v) is 10.1. The number of hydrogen-bond donors (Lipinski definition) is 0. The van der Waals surface area contributed by atoms with Crippen molar-refractivity contribution in [2.75, 3.05) is 6.61 Å².